The van der Waals surface area contributed by atoms with Crippen LogP contribution in [0.4, 0.5) is 4.39 Å². The van der Waals surface area contributed by atoms with E-state index in [0.717, 1.165) is 6.54 Å². The number of phenolic OH excluding ortho intramolecular Hbond substituents is 1. The highest BCUT2D eigenvalue weighted by molar-refractivity contribution is 7.80. The van der Waals surface area contributed by atoms with Crippen LogP contribution in [0, 0.1) is 5.82 Å². The maximum Gasteiger partial charge on any atom is 0.166 e. The Morgan fingerprint density at radius 3 is 2.87 bits per heavy atom. The van der Waals surface area contributed by atoms with Crippen molar-refractivity contribution in [3.63, 3.8) is 0 Å². The van der Waals surface area contributed by atoms with Gasteiger partial charge in [0.05, 0.1) is 0 Å². The molecular formula is C10H13FN2OS. The molecule has 0 heterocycles. The van der Waals surface area contributed by atoms with Crippen molar-refractivity contribution in [1.29, 1.82) is 0 Å². The van der Waals surface area contributed by atoms with Gasteiger partial charge in [-0.05, 0) is 37.3 Å². The average molecular weight is 228 g/mol. The number of halogens is 1. The normalized spacial score (nSPS) is 9.73. The van der Waals surface area contributed by atoms with E-state index >= 15 is 0 Å². The molecular weight excluding hydrogens is 215 g/mol. The van der Waals surface area contributed by atoms with Crippen LogP contribution in [0.5, 0.6) is 5.75 Å². The van der Waals surface area contributed by atoms with E-state index in [4.69, 9.17) is 12.2 Å². The highest BCUT2D eigenvalue weighted by Gasteiger charge is 2.03. The lowest BCUT2D eigenvalue weighted by Crippen LogP contribution is -2.34. The predicted octanol–water partition coefficient (Wildman–Crippen LogP) is 1.52. The fourth-order valence-electron chi connectivity index (χ4n) is 1.09. The Kier molecular flexibility index (Phi) is 4.30. The summed E-state index contributed by atoms with van der Waals surface area (Å²) in [4.78, 5) is 0. The maximum absolute atomic E-state index is 12.8. The van der Waals surface area contributed by atoms with Crippen molar-refractivity contribution in [3.8, 4) is 5.75 Å². The molecule has 0 saturated carbocycles. The zero-order chi connectivity index (χ0) is 11.3. The first-order valence-electron chi connectivity index (χ1n) is 4.62. The first-order chi connectivity index (χ1) is 7.13. The number of aromatic hydroxyl groups is 1. The smallest absolute Gasteiger partial charge is 0.166 e. The molecule has 15 heavy (non-hydrogen) atoms. The number of hydrogen-bond acceptors (Lipinski definition) is 2. The number of hydrogen-bond donors (Lipinski definition) is 3. The first-order valence-corrected chi connectivity index (χ1v) is 5.03. The van der Waals surface area contributed by atoms with Crippen LogP contribution in [0.3, 0.4) is 0 Å². The van der Waals surface area contributed by atoms with E-state index in [2.05, 4.69) is 10.6 Å². The molecule has 0 radical (unpaired) electrons. The maximum atomic E-state index is 12.8. The molecule has 1 rings (SSSR count). The van der Waals surface area contributed by atoms with Gasteiger partial charge in [0.2, 0.25) is 0 Å². The summed E-state index contributed by atoms with van der Waals surface area (Å²) in [6.07, 6.45) is 0. The van der Waals surface area contributed by atoms with Crippen molar-refractivity contribution in [1.82, 2.24) is 10.6 Å². The van der Waals surface area contributed by atoms with Crippen LogP contribution in [0.2, 0.25) is 0 Å². The molecule has 0 bridgehead atoms. The van der Waals surface area contributed by atoms with Gasteiger partial charge in [0.15, 0.2) is 5.11 Å². The molecule has 0 aliphatic rings. The predicted molar refractivity (Wildman–Crippen MR) is 61.2 cm³/mol. The number of benzene rings is 1. The summed E-state index contributed by atoms with van der Waals surface area (Å²) in [5.74, 6) is -0.317. The van der Waals surface area contributed by atoms with E-state index in [1.54, 1.807) is 0 Å². The van der Waals surface area contributed by atoms with Gasteiger partial charge in [0, 0.05) is 18.7 Å². The number of thiocarbonyl (C=S) groups is 1. The van der Waals surface area contributed by atoms with E-state index < -0.39 is 0 Å². The molecule has 0 saturated heterocycles. The van der Waals surface area contributed by atoms with Gasteiger partial charge >= 0.3 is 0 Å². The molecule has 0 amide bonds. The van der Waals surface area contributed by atoms with E-state index in [0.29, 0.717) is 17.2 Å². The minimum atomic E-state index is -0.376. The van der Waals surface area contributed by atoms with Crippen molar-refractivity contribution < 1.29 is 9.50 Å². The Labute approximate surface area is 93.3 Å². The fraction of sp³-hybridized carbons (Fsp3) is 0.300. The molecule has 0 aliphatic heterocycles. The second kappa shape index (κ2) is 5.50. The van der Waals surface area contributed by atoms with Gasteiger partial charge in [-0.15, -0.1) is 0 Å². The highest BCUT2D eigenvalue weighted by atomic mass is 32.1. The van der Waals surface area contributed by atoms with Gasteiger partial charge in [-0.1, -0.05) is 0 Å². The van der Waals surface area contributed by atoms with Crippen LogP contribution in [-0.2, 0) is 6.54 Å². The molecule has 0 aromatic heterocycles. The number of nitrogens with one attached hydrogen (secondary N) is 2. The molecule has 0 spiro atoms. The van der Waals surface area contributed by atoms with Crippen molar-refractivity contribution in [3.05, 3.63) is 29.6 Å². The molecule has 3 nitrogen and oxygen atoms in total. The van der Waals surface area contributed by atoms with Gasteiger partial charge in [-0.3, -0.25) is 0 Å². The van der Waals surface area contributed by atoms with E-state index in [1.165, 1.54) is 18.2 Å². The summed E-state index contributed by atoms with van der Waals surface area (Å²) in [6.45, 7) is 2.95. The van der Waals surface area contributed by atoms with Crippen LogP contribution in [-0.4, -0.2) is 16.8 Å². The lowest BCUT2D eigenvalue weighted by atomic mass is 10.2. The standard InChI is InChI=1S/C10H13FN2OS/c1-2-12-10(15)13-6-7-5-8(11)3-4-9(7)14/h3-5,14H,2,6H2,1H3,(H2,12,13,15). The summed E-state index contributed by atoms with van der Waals surface area (Å²) in [7, 11) is 0. The Morgan fingerprint density at radius 2 is 2.20 bits per heavy atom. The number of rotatable bonds is 3. The van der Waals surface area contributed by atoms with Crippen LogP contribution >= 0.6 is 12.2 Å². The van der Waals surface area contributed by atoms with Crippen LogP contribution in [0.25, 0.3) is 0 Å². The zero-order valence-corrected chi connectivity index (χ0v) is 9.20. The third kappa shape index (κ3) is 3.71. The third-order valence-electron chi connectivity index (χ3n) is 1.82. The minimum absolute atomic E-state index is 0.0585. The van der Waals surface area contributed by atoms with Gasteiger partial charge in [0.25, 0.3) is 0 Å². The van der Waals surface area contributed by atoms with Crippen molar-refractivity contribution >= 4 is 17.3 Å². The Bertz CT molecular complexity index is 357. The quantitative estimate of drug-likeness (QED) is 0.686. The van der Waals surface area contributed by atoms with Crippen LogP contribution in [0.15, 0.2) is 18.2 Å². The molecule has 1 aromatic carbocycles. The molecule has 1 aromatic rings. The molecule has 82 valence electrons. The summed E-state index contributed by atoms with van der Waals surface area (Å²) in [5, 5.41) is 15.7. The second-order valence-corrected chi connectivity index (χ2v) is 3.39. The Hall–Kier alpha value is -1.36. The highest BCUT2D eigenvalue weighted by Crippen LogP contribution is 2.17. The minimum Gasteiger partial charge on any atom is -0.508 e. The van der Waals surface area contributed by atoms with Crippen LogP contribution < -0.4 is 10.6 Å². The van der Waals surface area contributed by atoms with Crippen LogP contribution in [0.1, 0.15) is 12.5 Å². The summed E-state index contributed by atoms with van der Waals surface area (Å²) in [6, 6.07) is 3.81. The van der Waals surface area contributed by atoms with Crippen molar-refractivity contribution in [2.24, 2.45) is 0 Å². The SMILES string of the molecule is CCNC(=S)NCc1cc(F)ccc1O. The second-order valence-electron chi connectivity index (χ2n) is 2.99. The lowest BCUT2D eigenvalue weighted by Gasteiger charge is -2.09. The van der Waals surface area contributed by atoms with Gasteiger partial charge in [-0.2, -0.15) is 0 Å². The Balaban J connectivity index is 2.57. The zero-order valence-electron chi connectivity index (χ0n) is 8.38. The largest absolute Gasteiger partial charge is 0.508 e. The van der Waals surface area contributed by atoms with E-state index in [9.17, 15) is 9.50 Å². The molecule has 0 unspecified atom stereocenters. The molecule has 5 heteroatoms. The molecule has 0 atom stereocenters. The van der Waals surface area contributed by atoms with Crippen molar-refractivity contribution in [2.75, 3.05) is 6.54 Å². The van der Waals surface area contributed by atoms with Crippen molar-refractivity contribution in [2.45, 2.75) is 13.5 Å². The summed E-state index contributed by atoms with van der Waals surface area (Å²) < 4.78 is 12.8. The summed E-state index contributed by atoms with van der Waals surface area (Å²) >= 11 is 4.93. The van der Waals surface area contributed by atoms with Gasteiger partial charge in [-0.25, -0.2) is 4.39 Å². The number of phenols is 1. The molecule has 0 aliphatic carbocycles. The fourth-order valence-corrected chi connectivity index (χ4v) is 1.31. The van der Waals surface area contributed by atoms with E-state index in [-0.39, 0.29) is 11.6 Å². The lowest BCUT2D eigenvalue weighted by molar-refractivity contribution is 0.464. The third-order valence-corrected chi connectivity index (χ3v) is 2.11. The van der Waals surface area contributed by atoms with E-state index in [1.807, 2.05) is 6.92 Å². The topological polar surface area (TPSA) is 44.3 Å². The monoisotopic (exact) mass is 228 g/mol. The van der Waals surface area contributed by atoms with Gasteiger partial charge < -0.3 is 15.7 Å². The Morgan fingerprint density at radius 1 is 1.47 bits per heavy atom. The van der Waals surface area contributed by atoms with Gasteiger partial charge in [0.1, 0.15) is 11.6 Å². The summed E-state index contributed by atoms with van der Waals surface area (Å²) in [5.41, 5.74) is 0.482. The average Bonchev–Trinajstić information content (AvgIpc) is 2.20. The molecule has 0 fully saturated rings. The first kappa shape index (κ1) is 11.7. The molecule has 3 N–H and O–H groups in total.